The zero-order chi connectivity index (χ0) is 22.2. The molecule has 0 N–H and O–H groups in total. The Balaban J connectivity index is 2.09. The Morgan fingerprint density at radius 1 is 0.900 bits per heavy atom. The average Bonchev–Trinajstić information content (AvgIpc) is 3.08. The van der Waals surface area contributed by atoms with Crippen LogP contribution in [0.15, 0.2) is 38.8 Å². The third-order valence-electron chi connectivity index (χ3n) is 5.17. The normalized spacial score (nSPS) is 12.2. The van der Waals surface area contributed by atoms with Crippen molar-refractivity contribution in [1.82, 2.24) is 23.0 Å². The smallest absolute Gasteiger partial charge is 0.321 e. The zero-order valence-electron chi connectivity index (χ0n) is 17.9. The van der Waals surface area contributed by atoms with E-state index in [1.165, 1.54) is 15.9 Å². The molecule has 3 rings (SSSR count). The molecule has 3 aromatic rings. The van der Waals surface area contributed by atoms with Gasteiger partial charge in [0.1, 0.15) is 5.82 Å². The molecular weight excluding hydrogens is 406 g/mol. The molecule has 1 aromatic carbocycles. The fourth-order valence-electron chi connectivity index (χ4n) is 3.55. The molecule has 2 aromatic heterocycles. The van der Waals surface area contributed by atoms with Crippen molar-refractivity contribution >= 4 is 21.2 Å². The number of aromatic nitrogens is 4. The van der Waals surface area contributed by atoms with Crippen LogP contribution in [0.4, 0.5) is 0 Å². The van der Waals surface area contributed by atoms with Crippen LogP contribution in [-0.4, -0.2) is 44.5 Å². The third kappa shape index (κ3) is 3.50. The lowest BCUT2D eigenvalue weighted by molar-refractivity contribution is 0.410. The highest BCUT2D eigenvalue weighted by atomic mass is 32.2. The van der Waals surface area contributed by atoms with E-state index in [1.54, 1.807) is 42.9 Å². The summed E-state index contributed by atoms with van der Waals surface area (Å²) in [7, 11) is 1.11. The summed E-state index contributed by atoms with van der Waals surface area (Å²) < 4.78 is 31.4. The van der Waals surface area contributed by atoms with Crippen LogP contribution in [-0.2, 0) is 31.2 Å². The van der Waals surface area contributed by atoms with Gasteiger partial charge in [-0.1, -0.05) is 13.8 Å². The maximum Gasteiger partial charge on any atom is 0.332 e. The molecule has 0 aliphatic heterocycles. The van der Waals surface area contributed by atoms with Gasteiger partial charge in [-0.2, -0.15) is 4.31 Å². The zero-order valence-corrected chi connectivity index (χ0v) is 18.7. The first-order valence-corrected chi connectivity index (χ1v) is 11.3. The highest BCUT2D eigenvalue weighted by Crippen LogP contribution is 2.24. The number of fused-ring (bicyclic) bond motifs is 1. The van der Waals surface area contributed by atoms with Gasteiger partial charge in [-0.3, -0.25) is 13.9 Å². The minimum atomic E-state index is -3.58. The van der Waals surface area contributed by atoms with Crippen molar-refractivity contribution in [3.05, 3.63) is 45.1 Å². The van der Waals surface area contributed by atoms with E-state index in [4.69, 9.17) is 0 Å². The number of benzene rings is 1. The van der Waals surface area contributed by atoms with E-state index in [-0.39, 0.29) is 10.5 Å². The minimum Gasteiger partial charge on any atom is -0.321 e. The first-order valence-electron chi connectivity index (χ1n) is 9.88. The Morgan fingerprint density at radius 2 is 1.47 bits per heavy atom. The molecule has 0 aliphatic carbocycles. The number of sulfonamides is 1. The molecule has 2 heterocycles. The number of hydrogen-bond donors (Lipinski definition) is 0. The van der Waals surface area contributed by atoms with Gasteiger partial charge in [-0.15, -0.1) is 0 Å². The van der Waals surface area contributed by atoms with Crippen LogP contribution >= 0.6 is 0 Å². The molecule has 0 atom stereocenters. The van der Waals surface area contributed by atoms with E-state index in [0.29, 0.717) is 30.0 Å². The molecule has 0 amide bonds. The van der Waals surface area contributed by atoms with Gasteiger partial charge in [0.25, 0.3) is 5.56 Å². The van der Waals surface area contributed by atoms with Crippen molar-refractivity contribution in [3.8, 4) is 11.4 Å². The molecule has 30 heavy (non-hydrogen) atoms. The molecule has 162 valence electrons. The molecule has 0 unspecified atom stereocenters. The SMILES string of the molecule is CCCN(CCC)S(=O)(=O)c1ccc(-c2nc3c(c(=O)n(C)c(=O)n3C)n2C)cc1. The average molecular weight is 434 g/mol. The number of imidazole rings is 1. The molecule has 0 radical (unpaired) electrons. The predicted molar refractivity (Wildman–Crippen MR) is 116 cm³/mol. The summed E-state index contributed by atoms with van der Waals surface area (Å²) in [6, 6.07) is 6.46. The number of hydrogen-bond acceptors (Lipinski definition) is 5. The number of aryl methyl sites for hydroxylation is 2. The first-order chi connectivity index (χ1) is 14.1. The van der Waals surface area contributed by atoms with Crippen molar-refractivity contribution in [3.63, 3.8) is 0 Å². The number of rotatable bonds is 7. The van der Waals surface area contributed by atoms with Gasteiger partial charge in [0.05, 0.1) is 4.90 Å². The van der Waals surface area contributed by atoms with Crippen LogP contribution in [0, 0.1) is 0 Å². The first kappa shape index (κ1) is 22.0. The Hall–Kier alpha value is -2.72. The predicted octanol–water partition coefficient (Wildman–Crippen LogP) is 1.45. The van der Waals surface area contributed by atoms with E-state index in [0.717, 1.165) is 17.4 Å². The van der Waals surface area contributed by atoms with Gasteiger partial charge in [-0.05, 0) is 37.1 Å². The summed E-state index contributed by atoms with van der Waals surface area (Å²) in [5, 5.41) is 0. The van der Waals surface area contributed by atoms with E-state index in [1.807, 2.05) is 13.8 Å². The van der Waals surface area contributed by atoms with Gasteiger partial charge in [0.15, 0.2) is 11.2 Å². The van der Waals surface area contributed by atoms with Crippen molar-refractivity contribution in [2.24, 2.45) is 21.1 Å². The molecule has 0 saturated heterocycles. The van der Waals surface area contributed by atoms with Crippen molar-refractivity contribution in [1.29, 1.82) is 0 Å². The van der Waals surface area contributed by atoms with Gasteiger partial charge in [0.2, 0.25) is 10.0 Å². The van der Waals surface area contributed by atoms with Crippen LogP contribution in [0.1, 0.15) is 26.7 Å². The highest BCUT2D eigenvalue weighted by Gasteiger charge is 2.24. The standard InChI is InChI=1S/C20H27N5O4S/c1-6-12-25(13-7-2)30(28,29)15-10-8-14(9-11-15)17-21-18-16(22(17)3)19(26)24(5)20(27)23(18)4/h8-11H,6-7,12-13H2,1-5H3. The molecule has 10 heteroatoms. The van der Waals surface area contributed by atoms with Crippen molar-refractivity contribution in [2.75, 3.05) is 13.1 Å². The highest BCUT2D eigenvalue weighted by molar-refractivity contribution is 7.89. The van der Waals surface area contributed by atoms with E-state index < -0.39 is 21.3 Å². The van der Waals surface area contributed by atoms with Crippen molar-refractivity contribution in [2.45, 2.75) is 31.6 Å². The Labute approximate surface area is 175 Å². The second kappa shape index (κ2) is 8.19. The van der Waals surface area contributed by atoms with Crippen LogP contribution in [0.5, 0.6) is 0 Å². The van der Waals surface area contributed by atoms with Crippen LogP contribution < -0.4 is 11.2 Å². The maximum atomic E-state index is 13.0. The summed E-state index contributed by atoms with van der Waals surface area (Å²) >= 11 is 0. The van der Waals surface area contributed by atoms with E-state index in [2.05, 4.69) is 4.98 Å². The molecule has 9 nitrogen and oxygen atoms in total. The lowest BCUT2D eigenvalue weighted by Crippen LogP contribution is -2.37. The Morgan fingerprint density at radius 3 is 2.00 bits per heavy atom. The lowest BCUT2D eigenvalue weighted by Gasteiger charge is -2.21. The summed E-state index contributed by atoms with van der Waals surface area (Å²) in [5.74, 6) is 0.478. The minimum absolute atomic E-state index is 0.218. The monoisotopic (exact) mass is 433 g/mol. The topological polar surface area (TPSA) is 99.2 Å². The Bertz CT molecular complexity index is 1290. The van der Waals surface area contributed by atoms with Crippen LogP contribution in [0.25, 0.3) is 22.6 Å². The summed E-state index contributed by atoms with van der Waals surface area (Å²) in [6.07, 6.45) is 1.48. The van der Waals surface area contributed by atoms with Crippen LogP contribution in [0.3, 0.4) is 0 Å². The van der Waals surface area contributed by atoms with E-state index >= 15 is 0 Å². The summed E-state index contributed by atoms with van der Waals surface area (Å²) in [4.78, 5) is 29.4. The fraction of sp³-hybridized carbons (Fsp3) is 0.450. The van der Waals surface area contributed by atoms with Crippen LogP contribution in [0.2, 0.25) is 0 Å². The molecule has 0 saturated carbocycles. The maximum absolute atomic E-state index is 13.0. The third-order valence-corrected chi connectivity index (χ3v) is 7.08. The molecular formula is C20H27N5O4S. The lowest BCUT2D eigenvalue weighted by atomic mass is 10.2. The fourth-order valence-corrected chi connectivity index (χ4v) is 5.18. The van der Waals surface area contributed by atoms with Gasteiger partial charge in [0, 0.05) is 39.8 Å². The molecule has 0 fully saturated rings. The second-order valence-corrected chi connectivity index (χ2v) is 9.24. The molecule has 0 spiro atoms. The number of nitrogens with zero attached hydrogens (tertiary/aromatic N) is 5. The largest absolute Gasteiger partial charge is 0.332 e. The van der Waals surface area contributed by atoms with Crippen molar-refractivity contribution < 1.29 is 8.42 Å². The van der Waals surface area contributed by atoms with Gasteiger partial charge < -0.3 is 4.57 Å². The quantitative estimate of drug-likeness (QED) is 0.562. The Kier molecular flexibility index (Phi) is 6.00. The second-order valence-electron chi connectivity index (χ2n) is 7.30. The van der Waals surface area contributed by atoms with Gasteiger partial charge >= 0.3 is 5.69 Å². The molecule has 0 bridgehead atoms. The summed E-state index contributed by atoms with van der Waals surface area (Å²) in [5.41, 5.74) is 0.367. The van der Waals surface area contributed by atoms with Gasteiger partial charge in [-0.25, -0.2) is 18.2 Å². The summed E-state index contributed by atoms with van der Waals surface area (Å²) in [6.45, 7) is 4.84. The molecule has 0 aliphatic rings. The van der Waals surface area contributed by atoms with E-state index in [9.17, 15) is 18.0 Å².